The van der Waals surface area contributed by atoms with Gasteiger partial charge in [-0.25, -0.2) is 4.39 Å². The molecule has 0 bridgehead atoms. The van der Waals surface area contributed by atoms with Gasteiger partial charge in [0.05, 0.1) is 10.9 Å². The van der Waals surface area contributed by atoms with Crippen LogP contribution in [0.3, 0.4) is 0 Å². The Morgan fingerprint density at radius 2 is 2.00 bits per heavy atom. The molecule has 1 atom stereocenters. The van der Waals surface area contributed by atoms with Gasteiger partial charge in [0.1, 0.15) is 11.6 Å². The van der Waals surface area contributed by atoms with Crippen molar-refractivity contribution < 1.29 is 9.18 Å². The second-order valence-electron chi connectivity index (χ2n) is 6.18. The predicted molar refractivity (Wildman–Crippen MR) is 110 cm³/mol. The van der Waals surface area contributed by atoms with Gasteiger partial charge < -0.3 is 9.88 Å². The van der Waals surface area contributed by atoms with E-state index in [2.05, 4.69) is 15.5 Å². The van der Waals surface area contributed by atoms with Crippen molar-refractivity contribution in [3.8, 4) is 0 Å². The fraction of sp³-hybridized carbons (Fsp3) is 0.250. The van der Waals surface area contributed by atoms with Crippen LogP contribution in [0.5, 0.6) is 0 Å². The van der Waals surface area contributed by atoms with Gasteiger partial charge in [0.25, 0.3) is 0 Å². The number of benzene rings is 2. The molecule has 1 heterocycles. The summed E-state index contributed by atoms with van der Waals surface area (Å²) in [6.07, 6.45) is 0.665. The smallest absolute Gasteiger partial charge is 0.237 e. The first-order chi connectivity index (χ1) is 13.5. The van der Waals surface area contributed by atoms with Crippen LogP contribution in [-0.4, -0.2) is 25.9 Å². The van der Waals surface area contributed by atoms with Crippen LogP contribution in [0.2, 0.25) is 5.02 Å². The Hall–Kier alpha value is -2.38. The van der Waals surface area contributed by atoms with E-state index in [0.717, 1.165) is 11.4 Å². The van der Waals surface area contributed by atoms with Crippen LogP contribution in [0.1, 0.15) is 25.2 Å². The molecule has 28 heavy (non-hydrogen) atoms. The Labute approximate surface area is 172 Å². The van der Waals surface area contributed by atoms with Crippen LogP contribution in [0.15, 0.2) is 53.7 Å². The van der Waals surface area contributed by atoms with Gasteiger partial charge in [-0.3, -0.25) is 4.79 Å². The normalized spacial score (nSPS) is 12.0. The standard InChI is InChI=1S/C20H20ClFN4OS/c1-3-26-18(11-14-7-5-4-6-8-14)24-25-20(26)28-13(2)19(27)23-17-10-9-15(21)12-16(17)22/h4-10,12-13H,3,11H2,1-2H3,(H,23,27)/t13-/m1/s1. The number of amides is 1. The topological polar surface area (TPSA) is 59.8 Å². The van der Waals surface area contributed by atoms with Crippen LogP contribution >= 0.6 is 23.4 Å². The van der Waals surface area contributed by atoms with E-state index in [-0.39, 0.29) is 16.6 Å². The molecule has 1 amide bonds. The zero-order chi connectivity index (χ0) is 20.1. The first-order valence-corrected chi connectivity index (χ1v) is 10.1. The highest BCUT2D eigenvalue weighted by Gasteiger charge is 2.20. The number of hydrogen-bond acceptors (Lipinski definition) is 4. The van der Waals surface area contributed by atoms with Crippen LogP contribution in [0.25, 0.3) is 0 Å². The van der Waals surface area contributed by atoms with Crippen molar-refractivity contribution in [2.45, 2.75) is 37.2 Å². The zero-order valence-electron chi connectivity index (χ0n) is 15.5. The van der Waals surface area contributed by atoms with Gasteiger partial charge in [-0.1, -0.05) is 53.7 Å². The van der Waals surface area contributed by atoms with Gasteiger partial charge in [0.15, 0.2) is 5.16 Å². The quantitative estimate of drug-likeness (QED) is 0.560. The Morgan fingerprint density at radius 1 is 1.25 bits per heavy atom. The number of halogens is 2. The Morgan fingerprint density at radius 3 is 2.68 bits per heavy atom. The zero-order valence-corrected chi connectivity index (χ0v) is 17.1. The van der Waals surface area contributed by atoms with Crippen molar-refractivity contribution in [1.82, 2.24) is 14.8 Å². The molecule has 3 rings (SSSR count). The highest BCUT2D eigenvalue weighted by Crippen LogP contribution is 2.25. The molecular weight excluding hydrogens is 399 g/mol. The summed E-state index contributed by atoms with van der Waals surface area (Å²) in [4.78, 5) is 12.5. The molecule has 5 nitrogen and oxygen atoms in total. The lowest BCUT2D eigenvalue weighted by atomic mass is 10.1. The summed E-state index contributed by atoms with van der Waals surface area (Å²) in [5.41, 5.74) is 1.24. The SMILES string of the molecule is CCn1c(Cc2ccccc2)nnc1S[C@H](C)C(=O)Nc1ccc(Cl)cc1F. The minimum absolute atomic E-state index is 0.101. The summed E-state index contributed by atoms with van der Waals surface area (Å²) in [6.45, 7) is 4.45. The summed E-state index contributed by atoms with van der Waals surface area (Å²) in [5, 5.41) is 11.6. The molecular formula is C20H20ClFN4OS. The van der Waals surface area contributed by atoms with E-state index in [4.69, 9.17) is 11.6 Å². The maximum atomic E-state index is 13.9. The minimum atomic E-state index is -0.570. The molecule has 0 aliphatic carbocycles. The summed E-state index contributed by atoms with van der Waals surface area (Å²) in [6, 6.07) is 14.2. The highest BCUT2D eigenvalue weighted by atomic mass is 35.5. The lowest BCUT2D eigenvalue weighted by Gasteiger charge is -2.13. The van der Waals surface area contributed by atoms with E-state index in [1.165, 1.54) is 30.0 Å². The predicted octanol–water partition coefficient (Wildman–Crippen LogP) is 4.80. The average molecular weight is 419 g/mol. The first-order valence-electron chi connectivity index (χ1n) is 8.86. The third kappa shape index (κ3) is 4.91. The molecule has 0 fully saturated rings. The lowest BCUT2D eigenvalue weighted by molar-refractivity contribution is -0.115. The first kappa shape index (κ1) is 20.4. The number of carbonyl (C=O) groups is 1. The van der Waals surface area contributed by atoms with E-state index in [9.17, 15) is 9.18 Å². The van der Waals surface area contributed by atoms with Crippen molar-refractivity contribution in [2.75, 3.05) is 5.32 Å². The van der Waals surface area contributed by atoms with Crippen molar-refractivity contribution in [3.05, 3.63) is 70.8 Å². The second kappa shape index (κ2) is 9.21. The van der Waals surface area contributed by atoms with Gasteiger partial charge in [0, 0.05) is 18.0 Å². The molecule has 1 N–H and O–H groups in total. The van der Waals surface area contributed by atoms with Crippen LogP contribution < -0.4 is 5.32 Å². The molecule has 0 saturated carbocycles. The molecule has 0 unspecified atom stereocenters. The maximum Gasteiger partial charge on any atom is 0.237 e. The molecule has 0 aliphatic heterocycles. The summed E-state index contributed by atoms with van der Waals surface area (Å²) in [7, 11) is 0. The summed E-state index contributed by atoms with van der Waals surface area (Å²) >= 11 is 7.03. The molecule has 0 saturated heterocycles. The summed E-state index contributed by atoms with van der Waals surface area (Å²) in [5.74, 6) is -0.0473. The lowest BCUT2D eigenvalue weighted by Crippen LogP contribution is -2.23. The third-order valence-electron chi connectivity index (χ3n) is 4.16. The number of nitrogens with zero attached hydrogens (tertiary/aromatic N) is 3. The summed E-state index contributed by atoms with van der Waals surface area (Å²) < 4.78 is 15.9. The molecule has 1 aromatic heterocycles. The van der Waals surface area contributed by atoms with E-state index in [1.807, 2.05) is 41.8 Å². The van der Waals surface area contributed by atoms with Crippen molar-refractivity contribution in [1.29, 1.82) is 0 Å². The van der Waals surface area contributed by atoms with Crippen LogP contribution in [0, 0.1) is 5.82 Å². The van der Waals surface area contributed by atoms with Crippen LogP contribution in [-0.2, 0) is 17.8 Å². The molecule has 2 aromatic carbocycles. The molecule has 8 heteroatoms. The Bertz CT molecular complexity index is 964. The van der Waals surface area contributed by atoms with Crippen molar-refractivity contribution in [2.24, 2.45) is 0 Å². The monoisotopic (exact) mass is 418 g/mol. The minimum Gasteiger partial charge on any atom is -0.323 e. The number of rotatable bonds is 7. The van der Waals surface area contributed by atoms with E-state index in [0.29, 0.717) is 18.1 Å². The Balaban J connectivity index is 1.69. The van der Waals surface area contributed by atoms with Gasteiger partial charge >= 0.3 is 0 Å². The molecule has 0 spiro atoms. The van der Waals surface area contributed by atoms with E-state index >= 15 is 0 Å². The third-order valence-corrected chi connectivity index (χ3v) is 5.47. The number of nitrogens with one attached hydrogen (secondary N) is 1. The number of thioether (sulfide) groups is 1. The largest absolute Gasteiger partial charge is 0.323 e. The van der Waals surface area contributed by atoms with Gasteiger partial charge in [0.2, 0.25) is 5.91 Å². The maximum absolute atomic E-state index is 13.9. The highest BCUT2D eigenvalue weighted by molar-refractivity contribution is 8.00. The number of carbonyl (C=O) groups excluding carboxylic acids is 1. The average Bonchev–Trinajstić information content (AvgIpc) is 3.05. The number of aromatic nitrogens is 3. The van der Waals surface area contributed by atoms with Gasteiger partial charge in [-0.2, -0.15) is 0 Å². The Kier molecular flexibility index (Phi) is 6.70. The fourth-order valence-electron chi connectivity index (χ4n) is 2.67. The van der Waals surface area contributed by atoms with Crippen molar-refractivity contribution >= 4 is 35.0 Å². The number of anilines is 1. The van der Waals surface area contributed by atoms with E-state index < -0.39 is 11.1 Å². The molecule has 3 aromatic rings. The van der Waals surface area contributed by atoms with Gasteiger partial charge in [-0.15, -0.1) is 10.2 Å². The van der Waals surface area contributed by atoms with Crippen molar-refractivity contribution in [3.63, 3.8) is 0 Å². The van der Waals surface area contributed by atoms with E-state index in [1.54, 1.807) is 6.92 Å². The van der Waals surface area contributed by atoms with Gasteiger partial charge in [-0.05, 0) is 37.6 Å². The fourth-order valence-corrected chi connectivity index (χ4v) is 3.76. The molecule has 0 aliphatic rings. The molecule has 0 radical (unpaired) electrons. The molecule has 146 valence electrons. The van der Waals surface area contributed by atoms with Crippen LogP contribution in [0.4, 0.5) is 10.1 Å². The second-order valence-corrected chi connectivity index (χ2v) is 7.92. The number of hydrogen-bond donors (Lipinski definition) is 1.